The van der Waals surface area contributed by atoms with Gasteiger partial charge in [-0.05, 0) is 32.8 Å². The Balaban J connectivity index is 2.30. The maximum absolute atomic E-state index is 6.18. The number of hydrogen-bond donors (Lipinski definition) is 1. The van der Waals surface area contributed by atoms with E-state index in [2.05, 4.69) is 36.1 Å². The number of nitrogens with one attached hydrogen (secondary N) is 1. The van der Waals surface area contributed by atoms with E-state index in [1.54, 1.807) is 0 Å². The third kappa shape index (κ3) is 2.96. The second-order valence-corrected chi connectivity index (χ2v) is 5.67. The molecule has 1 atom stereocenters. The van der Waals surface area contributed by atoms with Gasteiger partial charge in [-0.3, -0.25) is 0 Å². The van der Waals surface area contributed by atoms with Crippen molar-refractivity contribution in [3.8, 4) is 0 Å². The summed E-state index contributed by atoms with van der Waals surface area (Å²) in [5.74, 6) is 2.88. The van der Waals surface area contributed by atoms with Crippen LogP contribution in [0, 0.1) is 13.8 Å². The van der Waals surface area contributed by atoms with Crippen molar-refractivity contribution in [1.82, 2.24) is 9.97 Å². The summed E-state index contributed by atoms with van der Waals surface area (Å²) < 4.78 is 5.58. The van der Waals surface area contributed by atoms with Crippen LogP contribution in [0.25, 0.3) is 0 Å². The fourth-order valence-corrected chi connectivity index (χ4v) is 2.72. The van der Waals surface area contributed by atoms with Crippen LogP contribution in [-0.4, -0.2) is 9.97 Å². The topological polar surface area (TPSA) is 51.0 Å². The van der Waals surface area contributed by atoms with Gasteiger partial charge < -0.3 is 9.73 Å². The Morgan fingerprint density at radius 1 is 1.20 bits per heavy atom. The van der Waals surface area contributed by atoms with Gasteiger partial charge >= 0.3 is 0 Å². The zero-order valence-electron chi connectivity index (χ0n) is 12.5. The van der Waals surface area contributed by atoms with Crippen LogP contribution in [-0.2, 0) is 0 Å². The molecule has 2 heterocycles. The molecule has 0 aliphatic heterocycles. The Bertz CT molecular complexity index is 607. The summed E-state index contributed by atoms with van der Waals surface area (Å²) in [6, 6.07) is 2.14. The number of furan rings is 1. The predicted octanol–water partition coefficient (Wildman–Crippen LogP) is 4.64. The summed E-state index contributed by atoms with van der Waals surface area (Å²) in [5, 5.41) is 3.91. The van der Waals surface area contributed by atoms with E-state index >= 15 is 0 Å². The molecule has 0 aliphatic carbocycles. The maximum Gasteiger partial charge on any atom is 0.138 e. The second kappa shape index (κ2) is 5.83. The van der Waals surface area contributed by atoms with Gasteiger partial charge in [-0.2, -0.15) is 0 Å². The summed E-state index contributed by atoms with van der Waals surface area (Å²) >= 11 is 6.18. The van der Waals surface area contributed by atoms with Crippen molar-refractivity contribution >= 4 is 17.4 Å². The summed E-state index contributed by atoms with van der Waals surface area (Å²) in [6.07, 6.45) is 1.48. The smallest absolute Gasteiger partial charge is 0.138 e. The van der Waals surface area contributed by atoms with Crippen molar-refractivity contribution in [1.29, 1.82) is 0 Å². The lowest BCUT2D eigenvalue weighted by Crippen LogP contribution is -2.11. The van der Waals surface area contributed by atoms with Crippen LogP contribution in [0.4, 0.5) is 5.82 Å². The lowest BCUT2D eigenvalue weighted by molar-refractivity contribution is 0.499. The zero-order valence-corrected chi connectivity index (χ0v) is 13.2. The van der Waals surface area contributed by atoms with E-state index in [-0.39, 0.29) is 12.0 Å². The number of hydrogen-bond acceptors (Lipinski definition) is 4. The van der Waals surface area contributed by atoms with E-state index in [1.165, 1.54) is 6.33 Å². The quantitative estimate of drug-likeness (QED) is 0.835. The number of nitrogens with zero attached hydrogens (tertiary/aromatic N) is 2. The van der Waals surface area contributed by atoms with Gasteiger partial charge in [0.05, 0.1) is 6.04 Å². The number of halogens is 1. The summed E-state index contributed by atoms with van der Waals surface area (Å²) in [4.78, 5) is 8.38. The highest BCUT2D eigenvalue weighted by molar-refractivity contribution is 6.30. The molecule has 4 nitrogen and oxygen atoms in total. The van der Waals surface area contributed by atoms with Crippen molar-refractivity contribution in [2.24, 2.45) is 0 Å². The largest absolute Gasteiger partial charge is 0.466 e. The van der Waals surface area contributed by atoms with Crippen LogP contribution in [0.5, 0.6) is 0 Å². The van der Waals surface area contributed by atoms with Crippen LogP contribution in [0.2, 0.25) is 5.15 Å². The number of aromatic nitrogens is 2. The van der Waals surface area contributed by atoms with Crippen molar-refractivity contribution in [2.45, 2.75) is 46.6 Å². The highest BCUT2D eigenvalue weighted by atomic mass is 35.5. The molecule has 0 aliphatic rings. The molecule has 0 radical (unpaired) electrons. The molecule has 1 N–H and O–H groups in total. The molecule has 0 amide bonds. The average Bonchev–Trinajstić information content (AvgIpc) is 2.68. The highest BCUT2D eigenvalue weighted by Crippen LogP contribution is 2.31. The second-order valence-electron chi connectivity index (χ2n) is 5.32. The summed E-state index contributed by atoms with van der Waals surface area (Å²) in [5.41, 5.74) is 2.07. The Morgan fingerprint density at radius 2 is 1.90 bits per heavy atom. The summed E-state index contributed by atoms with van der Waals surface area (Å²) in [7, 11) is 0. The normalized spacial score (nSPS) is 12.8. The van der Waals surface area contributed by atoms with Gasteiger partial charge in [-0.15, -0.1) is 0 Å². The molecule has 1 unspecified atom stereocenters. The Kier molecular flexibility index (Phi) is 4.33. The molecule has 2 aromatic heterocycles. The van der Waals surface area contributed by atoms with Crippen LogP contribution in [0.1, 0.15) is 55.4 Å². The molecule has 0 aromatic carbocycles. The first-order valence-electron chi connectivity index (χ1n) is 6.74. The minimum atomic E-state index is 0.0934. The molecule has 0 spiro atoms. The first-order chi connectivity index (χ1) is 9.40. The van der Waals surface area contributed by atoms with E-state index < -0.39 is 0 Å². The van der Waals surface area contributed by atoms with Gasteiger partial charge in [0.15, 0.2) is 0 Å². The minimum absolute atomic E-state index is 0.0934. The lowest BCUT2D eigenvalue weighted by atomic mass is 10.0. The van der Waals surface area contributed by atoms with Crippen LogP contribution >= 0.6 is 11.6 Å². The average molecular weight is 294 g/mol. The van der Waals surface area contributed by atoms with Gasteiger partial charge in [0.1, 0.15) is 28.8 Å². The molecule has 20 heavy (non-hydrogen) atoms. The molecule has 2 rings (SSSR count). The maximum atomic E-state index is 6.18. The SMILES string of the molecule is Cc1cc(C(C)Nc2ncnc(Cl)c2C(C)C)c(C)o1. The fourth-order valence-electron chi connectivity index (χ4n) is 2.36. The van der Waals surface area contributed by atoms with Gasteiger partial charge in [-0.25, -0.2) is 9.97 Å². The van der Waals surface area contributed by atoms with Crippen LogP contribution in [0.15, 0.2) is 16.8 Å². The number of aryl methyl sites for hydroxylation is 2. The van der Waals surface area contributed by atoms with E-state index in [9.17, 15) is 0 Å². The van der Waals surface area contributed by atoms with Crippen LogP contribution < -0.4 is 5.32 Å². The number of anilines is 1. The lowest BCUT2D eigenvalue weighted by Gasteiger charge is -2.18. The monoisotopic (exact) mass is 293 g/mol. The van der Waals surface area contributed by atoms with Crippen molar-refractivity contribution in [3.63, 3.8) is 0 Å². The van der Waals surface area contributed by atoms with Crippen molar-refractivity contribution in [3.05, 3.63) is 40.2 Å². The molecule has 5 heteroatoms. The minimum Gasteiger partial charge on any atom is -0.466 e. The van der Waals surface area contributed by atoms with Gasteiger partial charge in [0, 0.05) is 11.1 Å². The third-order valence-corrected chi connectivity index (χ3v) is 3.61. The van der Waals surface area contributed by atoms with Crippen molar-refractivity contribution < 1.29 is 4.42 Å². The predicted molar refractivity (Wildman–Crippen MR) is 81.4 cm³/mol. The van der Waals surface area contributed by atoms with E-state index in [1.807, 2.05) is 19.9 Å². The molecule has 0 bridgehead atoms. The van der Waals surface area contributed by atoms with Gasteiger partial charge in [0.2, 0.25) is 0 Å². The molecular formula is C15H20ClN3O. The van der Waals surface area contributed by atoms with Gasteiger partial charge in [-0.1, -0.05) is 25.4 Å². The standard InChI is InChI=1S/C15H20ClN3O/c1-8(2)13-14(16)17-7-18-15(13)19-10(4)12-6-9(3)20-11(12)5/h6-8,10H,1-5H3,(H,17,18,19). The third-order valence-electron chi connectivity index (χ3n) is 3.31. The van der Waals surface area contributed by atoms with E-state index in [4.69, 9.17) is 16.0 Å². The number of rotatable bonds is 4. The first kappa shape index (κ1) is 14.9. The highest BCUT2D eigenvalue weighted by Gasteiger charge is 2.18. The van der Waals surface area contributed by atoms with E-state index in [0.717, 1.165) is 28.5 Å². The molecule has 108 valence electrons. The Labute approximate surface area is 124 Å². The van der Waals surface area contributed by atoms with Gasteiger partial charge in [0.25, 0.3) is 0 Å². The molecular weight excluding hydrogens is 274 g/mol. The Morgan fingerprint density at radius 3 is 2.45 bits per heavy atom. The fraction of sp³-hybridized carbons (Fsp3) is 0.467. The molecule has 0 fully saturated rings. The molecule has 0 saturated heterocycles. The van der Waals surface area contributed by atoms with Crippen molar-refractivity contribution in [2.75, 3.05) is 5.32 Å². The van der Waals surface area contributed by atoms with Crippen LogP contribution in [0.3, 0.4) is 0 Å². The molecule has 0 saturated carbocycles. The van der Waals surface area contributed by atoms with E-state index in [0.29, 0.717) is 5.15 Å². The molecule has 2 aromatic rings. The first-order valence-corrected chi connectivity index (χ1v) is 7.11. The zero-order chi connectivity index (χ0) is 14.9. The summed E-state index contributed by atoms with van der Waals surface area (Å²) in [6.45, 7) is 10.2. The Hall–Kier alpha value is -1.55.